The summed E-state index contributed by atoms with van der Waals surface area (Å²) >= 11 is 0. The van der Waals surface area contributed by atoms with Gasteiger partial charge in [0.2, 0.25) is 0 Å². The molecule has 0 saturated heterocycles. The zero-order chi connectivity index (χ0) is 10.1. The Labute approximate surface area is 88.4 Å². The summed E-state index contributed by atoms with van der Waals surface area (Å²) < 4.78 is 0. The van der Waals surface area contributed by atoms with E-state index in [-0.39, 0.29) is 0 Å². The fourth-order valence-corrected chi connectivity index (χ4v) is 1.97. The third-order valence-corrected chi connectivity index (χ3v) is 2.69. The number of benzene rings is 1. The van der Waals surface area contributed by atoms with Crippen molar-refractivity contribution in [2.45, 2.75) is 6.42 Å². The van der Waals surface area contributed by atoms with Crippen LogP contribution in [0.5, 0.6) is 0 Å². The van der Waals surface area contributed by atoms with Gasteiger partial charge in [0.05, 0.1) is 0 Å². The maximum atomic E-state index is 4.33. The predicted octanol–water partition coefficient (Wildman–Crippen LogP) is 2.17. The van der Waals surface area contributed by atoms with Gasteiger partial charge in [0, 0.05) is 24.0 Å². The molecule has 15 heavy (non-hydrogen) atoms. The summed E-state index contributed by atoms with van der Waals surface area (Å²) in [5.74, 6) is 1.05. The van der Waals surface area contributed by atoms with Crippen LogP contribution in [0, 0.1) is 0 Å². The van der Waals surface area contributed by atoms with Crippen molar-refractivity contribution in [3.63, 3.8) is 0 Å². The minimum Gasteiger partial charge on any atom is -0.326 e. The van der Waals surface area contributed by atoms with Crippen LogP contribution in [-0.2, 0) is 6.42 Å². The summed E-state index contributed by atoms with van der Waals surface area (Å²) in [6.45, 7) is 0.998. The van der Waals surface area contributed by atoms with Crippen molar-refractivity contribution >= 4 is 11.5 Å². The highest BCUT2D eigenvalue weighted by molar-refractivity contribution is 5.65. The van der Waals surface area contributed by atoms with Gasteiger partial charge in [-0.1, -0.05) is 18.2 Å². The zero-order valence-electron chi connectivity index (χ0n) is 8.30. The monoisotopic (exact) mass is 197 g/mol. The van der Waals surface area contributed by atoms with Crippen LogP contribution >= 0.6 is 0 Å². The van der Waals surface area contributed by atoms with Crippen LogP contribution in [0.1, 0.15) is 5.56 Å². The fourth-order valence-electron chi connectivity index (χ4n) is 1.97. The maximum Gasteiger partial charge on any atom is 0.139 e. The highest BCUT2D eigenvalue weighted by atomic mass is 15.2. The van der Waals surface area contributed by atoms with Crippen LogP contribution in [0.4, 0.5) is 11.5 Å². The van der Waals surface area contributed by atoms with E-state index in [4.69, 9.17) is 0 Å². The molecule has 3 nitrogen and oxygen atoms in total. The van der Waals surface area contributed by atoms with Crippen LogP contribution in [-0.4, -0.2) is 16.5 Å². The van der Waals surface area contributed by atoms with Gasteiger partial charge in [0.1, 0.15) is 12.1 Å². The first-order valence-corrected chi connectivity index (χ1v) is 5.06. The quantitative estimate of drug-likeness (QED) is 0.701. The normalized spacial score (nSPS) is 14.0. The average Bonchev–Trinajstić information content (AvgIpc) is 2.74. The van der Waals surface area contributed by atoms with E-state index >= 15 is 0 Å². The van der Waals surface area contributed by atoms with Gasteiger partial charge >= 0.3 is 0 Å². The first-order chi connectivity index (χ1) is 7.45. The van der Waals surface area contributed by atoms with Gasteiger partial charge in [-0.05, 0) is 18.6 Å². The third-order valence-electron chi connectivity index (χ3n) is 2.69. The Morgan fingerprint density at radius 2 is 2.00 bits per heavy atom. The molecule has 2 heterocycles. The average molecular weight is 197 g/mol. The van der Waals surface area contributed by atoms with Crippen molar-refractivity contribution < 1.29 is 0 Å². The molecule has 1 aromatic heterocycles. The Hall–Kier alpha value is -1.90. The lowest BCUT2D eigenvalue weighted by Gasteiger charge is -2.17. The first kappa shape index (κ1) is 8.41. The highest BCUT2D eigenvalue weighted by Gasteiger charge is 2.21. The summed E-state index contributed by atoms with van der Waals surface area (Å²) in [5.41, 5.74) is 2.44. The van der Waals surface area contributed by atoms with Gasteiger partial charge in [-0.3, -0.25) is 0 Å². The van der Waals surface area contributed by atoms with Crippen molar-refractivity contribution in [3.05, 3.63) is 48.4 Å². The van der Waals surface area contributed by atoms with E-state index < -0.39 is 0 Å². The lowest BCUT2D eigenvalue weighted by Crippen LogP contribution is -2.13. The second-order valence-electron chi connectivity index (χ2n) is 3.61. The molecule has 0 bridgehead atoms. The minimum absolute atomic E-state index is 0.998. The maximum absolute atomic E-state index is 4.33. The molecule has 0 unspecified atom stereocenters. The molecule has 0 fully saturated rings. The second kappa shape index (κ2) is 3.35. The van der Waals surface area contributed by atoms with Gasteiger partial charge in [-0.15, -0.1) is 0 Å². The number of para-hydroxylation sites is 1. The third kappa shape index (κ3) is 1.36. The zero-order valence-corrected chi connectivity index (χ0v) is 8.30. The Morgan fingerprint density at radius 1 is 1.13 bits per heavy atom. The van der Waals surface area contributed by atoms with Crippen LogP contribution in [0.25, 0.3) is 0 Å². The molecule has 0 spiro atoms. The van der Waals surface area contributed by atoms with Crippen molar-refractivity contribution in [1.82, 2.24) is 9.97 Å². The van der Waals surface area contributed by atoms with E-state index in [1.54, 1.807) is 6.33 Å². The SMILES string of the molecule is c1ccc(N2CCc3cncnc32)cc1. The molecule has 74 valence electrons. The molecule has 1 aliphatic heterocycles. The number of fused-ring (bicyclic) bond motifs is 1. The van der Waals surface area contributed by atoms with E-state index in [1.165, 1.54) is 11.3 Å². The van der Waals surface area contributed by atoms with E-state index in [2.05, 4.69) is 39.1 Å². The van der Waals surface area contributed by atoms with Gasteiger partial charge in [-0.25, -0.2) is 9.97 Å². The number of aromatic nitrogens is 2. The molecular formula is C12H11N3. The van der Waals surface area contributed by atoms with E-state index in [9.17, 15) is 0 Å². The topological polar surface area (TPSA) is 29.0 Å². The first-order valence-electron chi connectivity index (χ1n) is 5.06. The lowest BCUT2D eigenvalue weighted by molar-refractivity contribution is 0.990. The summed E-state index contributed by atoms with van der Waals surface area (Å²) in [4.78, 5) is 10.6. The van der Waals surface area contributed by atoms with Crippen molar-refractivity contribution in [2.75, 3.05) is 11.4 Å². The Bertz CT molecular complexity index is 467. The molecule has 0 N–H and O–H groups in total. The number of hydrogen-bond acceptors (Lipinski definition) is 3. The molecule has 0 radical (unpaired) electrons. The highest BCUT2D eigenvalue weighted by Crippen LogP contribution is 2.31. The summed E-state index contributed by atoms with van der Waals surface area (Å²) in [7, 11) is 0. The number of hydrogen-bond donors (Lipinski definition) is 0. The number of nitrogens with zero attached hydrogens (tertiary/aromatic N) is 3. The molecule has 2 aromatic rings. The van der Waals surface area contributed by atoms with E-state index in [0.29, 0.717) is 0 Å². The molecule has 0 amide bonds. The van der Waals surface area contributed by atoms with Gasteiger partial charge in [0.25, 0.3) is 0 Å². The molecule has 1 aromatic carbocycles. The molecular weight excluding hydrogens is 186 g/mol. The van der Waals surface area contributed by atoms with Gasteiger partial charge < -0.3 is 4.90 Å². The Kier molecular flexibility index (Phi) is 1.88. The van der Waals surface area contributed by atoms with Crippen LogP contribution in [0.2, 0.25) is 0 Å². The van der Waals surface area contributed by atoms with Crippen molar-refractivity contribution in [2.24, 2.45) is 0 Å². The molecule has 0 aliphatic carbocycles. The van der Waals surface area contributed by atoms with Crippen molar-refractivity contribution in [3.8, 4) is 0 Å². The second-order valence-corrected chi connectivity index (χ2v) is 3.61. The standard InChI is InChI=1S/C12H11N3/c1-2-4-11(5-3-1)15-7-6-10-8-13-9-14-12(10)15/h1-5,8-9H,6-7H2. The predicted molar refractivity (Wildman–Crippen MR) is 59.2 cm³/mol. The number of anilines is 2. The minimum atomic E-state index is 0.998. The smallest absolute Gasteiger partial charge is 0.139 e. The molecule has 0 atom stereocenters. The number of rotatable bonds is 1. The summed E-state index contributed by atoms with van der Waals surface area (Å²) in [6.07, 6.45) is 4.55. The largest absolute Gasteiger partial charge is 0.326 e. The Balaban J connectivity index is 2.05. The van der Waals surface area contributed by atoms with Crippen molar-refractivity contribution in [1.29, 1.82) is 0 Å². The van der Waals surface area contributed by atoms with E-state index in [1.807, 2.05) is 12.3 Å². The van der Waals surface area contributed by atoms with Crippen LogP contribution in [0.3, 0.4) is 0 Å². The van der Waals surface area contributed by atoms with E-state index in [0.717, 1.165) is 18.8 Å². The lowest BCUT2D eigenvalue weighted by atomic mass is 10.3. The molecule has 1 aliphatic rings. The molecule has 3 rings (SSSR count). The van der Waals surface area contributed by atoms with Crippen LogP contribution in [0.15, 0.2) is 42.9 Å². The Morgan fingerprint density at radius 3 is 2.87 bits per heavy atom. The van der Waals surface area contributed by atoms with Gasteiger partial charge in [0.15, 0.2) is 0 Å². The van der Waals surface area contributed by atoms with Crippen LogP contribution < -0.4 is 4.90 Å². The summed E-state index contributed by atoms with van der Waals surface area (Å²) in [6, 6.07) is 10.3. The fraction of sp³-hybridized carbons (Fsp3) is 0.167. The summed E-state index contributed by atoms with van der Waals surface area (Å²) in [5, 5.41) is 0. The molecule has 3 heteroatoms. The molecule has 0 saturated carbocycles. The van der Waals surface area contributed by atoms with Gasteiger partial charge in [-0.2, -0.15) is 0 Å².